The van der Waals surface area contributed by atoms with Crippen molar-refractivity contribution in [2.24, 2.45) is 5.73 Å². The maximum atomic E-state index is 6.09. The van der Waals surface area contributed by atoms with Gasteiger partial charge in [-0.05, 0) is 30.0 Å². The number of halogens is 1. The number of hydrogen-bond acceptors (Lipinski definition) is 2. The van der Waals surface area contributed by atoms with E-state index in [1.165, 1.54) is 11.1 Å². The third-order valence-electron chi connectivity index (χ3n) is 2.82. The molecule has 0 bridgehead atoms. The minimum atomic E-state index is 0. The van der Waals surface area contributed by atoms with Gasteiger partial charge in [0.1, 0.15) is 5.75 Å². The Morgan fingerprint density at radius 1 is 1.50 bits per heavy atom. The summed E-state index contributed by atoms with van der Waals surface area (Å²) in [5.74, 6) is 1.02. The van der Waals surface area contributed by atoms with E-state index in [9.17, 15) is 0 Å². The van der Waals surface area contributed by atoms with Gasteiger partial charge < -0.3 is 10.5 Å². The summed E-state index contributed by atoms with van der Waals surface area (Å²) in [5.41, 5.74) is 8.59. The fraction of sp³-hybridized carbons (Fsp3) is 0.385. The van der Waals surface area contributed by atoms with Gasteiger partial charge in [0.2, 0.25) is 0 Å². The van der Waals surface area contributed by atoms with Crippen LogP contribution in [0.15, 0.2) is 30.9 Å². The highest BCUT2D eigenvalue weighted by molar-refractivity contribution is 5.85. The van der Waals surface area contributed by atoms with E-state index in [0.29, 0.717) is 0 Å². The second-order valence-electron chi connectivity index (χ2n) is 3.94. The molecule has 1 aromatic carbocycles. The fourth-order valence-corrected chi connectivity index (χ4v) is 1.90. The third-order valence-corrected chi connectivity index (χ3v) is 2.82. The number of rotatable bonds is 4. The normalized spacial score (nSPS) is 14.6. The van der Waals surface area contributed by atoms with Crippen molar-refractivity contribution in [3.63, 3.8) is 0 Å². The molecule has 1 atom stereocenters. The summed E-state index contributed by atoms with van der Waals surface area (Å²) < 4.78 is 5.46. The molecule has 1 heterocycles. The van der Waals surface area contributed by atoms with Crippen molar-refractivity contribution in [1.82, 2.24) is 0 Å². The molecule has 0 spiro atoms. The Balaban J connectivity index is 0.00000128. The van der Waals surface area contributed by atoms with Gasteiger partial charge in [-0.2, -0.15) is 0 Å². The first kappa shape index (κ1) is 13.1. The molecule has 1 aromatic rings. The number of ether oxygens (including phenoxy) is 1. The predicted molar refractivity (Wildman–Crippen MR) is 69.2 cm³/mol. The number of nitrogens with two attached hydrogens (primary N) is 1. The Morgan fingerprint density at radius 3 is 3.06 bits per heavy atom. The van der Waals surface area contributed by atoms with Crippen LogP contribution in [0.4, 0.5) is 0 Å². The molecule has 1 aliphatic heterocycles. The summed E-state index contributed by atoms with van der Waals surface area (Å²) in [5, 5.41) is 0. The SMILES string of the molecule is C=CCC[C@H](N)c1ccc2c(c1)CCO2.Cl. The zero-order valence-corrected chi connectivity index (χ0v) is 10.1. The largest absolute Gasteiger partial charge is 0.493 e. The first-order valence-electron chi connectivity index (χ1n) is 5.43. The van der Waals surface area contributed by atoms with Crippen LogP contribution in [-0.2, 0) is 6.42 Å². The quantitative estimate of drug-likeness (QED) is 0.820. The van der Waals surface area contributed by atoms with E-state index in [2.05, 4.69) is 18.7 Å². The maximum absolute atomic E-state index is 6.09. The molecule has 3 heteroatoms. The van der Waals surface area contributed by atoms with Gasteiger partial charge in [0.25, 0.3) is 0 Å². The van der Waals surface area contributed by atoms with E-state index < -0.39 is 0 Å². The van der Waals surface area contributed by atoms with E-state index in [-0.39, 0.29) is 18.4 Å². The first-order valence-corrected chi connectivity index (χ1v) is 5.43. The molecular weight excluding hydrogens is 222 g/mol. The standard InChI is InChI=1S/C13H17NO.ClH/c1-2-3-4-12(14)10-5-6-13-11(9-10)7-8-15-13;/h2,5-6,9,12H,1,3-4,7-8,14H2;1H/t12-;/m0./s1. The van der Waals surface area contributed by atoms with Crippen LogP contribution in [0.25, 0.3) is 0 Å². The molecule has 2 rings (SSSR count). The molecule has 1 aliphatic rings. The summed E-state index contributed by atoms with van der Waals surface area (Å²) >= 11 is 0. The highest BCUT2D eigenvalue weighted by Crippen LogP contribution is 2.28. The molecule has 2 N–H and O–H groups in total. The molecule has 0 saturated heterocycles. The van der Waals surface area contributed by atoms with Crippen LogP contribution < -0.4 is 10.5 Å². The second-order valence-corrected chi connectivity index (χ2v) is 3.94. The lowest BCUT2D eigenvalue weighted by molar-refractivity contribution is 0.357. The summed E-state index contributed by atoms with van der Waals surface area (Å²) in [6, 6.07) is 6.40. The molecule has 88 valence electrons. The maximum Gasteiger partial charge on any atom is 0.122 e. The zero-order chi connectivity index (χ0) is 10.7. The molecule has 16 heavy (non-hydrogen) atoms. The number of fused-ring (bicyclic) bond motifs is 1. The molecule has 0 fully saturated rings. The van der Waals surface area contributed by atoms with Gasteiger partial charge in [-0.3, -0.25) is 0 Å². The summed E-state index contributed by atoms with van der Waals surface area (Å²) in [6.45, 7) is 4.51. The van der Waals surface area contributed by atoms with Crippen molar-refractivity contribution in [2.45, 2.75) is 25.3 Å². The van der Waals surface area contributed by atoms with E-state index in [1.807, 2.05) is 12.1 Å². The summed E-state index contributed by atoms with van der Waals surface area (Å²) in [6.07, 6.45) is 4.85. The van der Waals surface area contributed by atoms with Crippen LogP contribution >= 0.6 is 12.4 Å². The Kier molecular flexibility index (Phi) is 4.84. The van der Waals surface area contributed by atoms with Crippen molar-refractivity contribution in [3.8, 4) is 5.75 Å². The van der Waals surface area contributed by atoms with Gasteiger partial charge >= 0.3 is 0 Å². The Morgan fingerprint density at radius 2 is 2.31 bits per heavy atom. The van der Waals surface area contributed by atoms with Crippen LogP contribution in [0.2, 0.25) is 0 Å². The number of benzene rings is 1. The van der Waals surface area contributed by atoms with Gasteiger partial charge in [0.15, 0.2) is 0 Å². The third kappa shape index (κ3) is 2.77. The molecule has 0 unspecified atom stereocenters. The minimum Gasteiger partial charge on any atom is -0.493 e. The molecular formula is C13H18ClNO. The van der Waals surface area contributed by atoms with Crippen molar-refractivity contribution in [2.75, 3.05) is 6.61 Å². The van der Waals surface area contributed by atoms with Crippen LogP contribution in [0.3, 0.4) is 0 Å². The average Bonchev–Trinajstić information content (AvgIpc) is 2.72. The van der Waals surface area contributed by atoms with E-state index in [4.69, 9.17) is 10.5 Å². The smallest absolute Gasteiger partial charge is 0.122 e. The summed E-state index contributed by atoms with van der Waals surface area (Å²) in [4.78, 5) is 0. The Bertz CT molecular complexity index is 365. The zero-order valence-electron chi connectivity index (χ0n) is 9.32. The van der Waals surface area contributed by atoms with Crippen molar-refractivity contribution in [3.05, 3.63) is 42.0 Å². The Labute approximate surface area is 103 Å². The van der Waals surface area contributed by atoms with Gasteiger partial charge in [-0.25, -0.2) is 0 Å². The van der Waals surface area contributed by atoms with Crippen LogP contribution in [0.5, 0.6) is 5.75 Å². The monoisotopic (exact) mass is 239 g/mol. The van der Waals surface area contributed by atoms with Crippen LogP contribution in [-0.4, -0.2) is 6.61 Å². The van der Waals surface area contributed by atoms with E-state index in [1.54, 1.807) is 0 Å². The van der Waals surface area contributed by atoms with Gasteiger partial charge in [0.05, 0.1) is 6.61 Å². The van der Waals surface area contributed by atoms with Crippen molar-refractivity contribution >= 4 is 12.4 Å². The highest BCUT2D eigenvalue weighted by Gasteiger charge is 2.14. The average molecular weight is 240 g/mol. The van der Waals surface area contributed by atoms with Gasteiger partial charge in [-0.1, -0.05) is 18.2 Å². The highest BCUT2D eigenvalue weighted by atomic mass is 35.5. The van der Waals surface area contributed by atoms with Gasteiger partial charge in [-0.15, -0.1) is 19.0 Å². The van der Waals surface area contributed by atoms with Crippen LogP contribution in [0.1, 0.15) is 30.0 Å². The lowest BCUT2D eigenvalue weighted by atomic mass is 10.00. The van der Waals surface area contributed by atoms with E-state index >= 15 is 0 Å². The number of hydrogen-bond donors (Lipinski definition) is 1. The molecule has 0 amide bonds. The fourth-order valence-electron chi connectivity index (χ4n) is 1.90. The van der Waals surface area contributed by atoms with Crippen molar-refractivity contribution < 1.29 is 4.74 Å². The molecule has 0 aromatic heterocycles. The molecule has 2 nitrogen and oxygen atoms in total. The molecule has 0 radical (unpaired) electrons. The molecule has 0 saturated carbocycles. The lowest BCUT2D eigenvalue weighted by Crippen LogP contribution is -2.09. The Hall–Kier alpha value is -0.990. The number of allylic oxidation sites excluding steroid dienone is 1. The minimum absolute atomic E-state index is 0. The lowest BCUT2D eigenvalue weighted by Gasteiger charge is -2.11. The van der Waals surface area contributed by atoms with E-state index in [0.717, 1.165) is 31.6 Å². The topological polar surface area (TPSA) is 35.2 Å². The summed E-state index contributed by atoms with van der Waals surface area (Å²) in [7, 11) is 0. The second kappa shape index (κ2) is 5.92. The van der Waals surface area contributed by atoms with Gasteiger partial charge in [0, 0.05) is 12.5 Å². The van der Waals surface area contributed by atoms with Crippen molar-refractivity contribution in [1.29, 1.82) is 0 Å². The van der Waals surface area contributed by atoms with Crippen LogP contribution in [0, 0.1) is 0 Å². The first-order chi connectivity index (χ1) is 7.31. The predicted octanol–water partition coefficient (Wildman–Crippen LogP) is 3.01. The molecule has 0 aliphatic carbocycles.